The summed E-state index contributed by atoms with van der Waals surface area (Å²) in [5.74, 6) is 0. The Kier molecular flexibility index (Phi) is 6.33. The largest absolute Gasteiger partial charge is 0.505 e. The van der Waals surface area contributed by atoms with Gasteiger partial charge >= 0.3 is 14.1 Å². The number of benzene rings is 1. The second-order valence-electron chi connectivity index (χ2n) is 3.69. The van der Waals surface area contributed by atoms with E-state index in [1.54, 1.807) is 6.92 Å². The van der Waals surface area contributed by atoms with E-state index in [9.17, 15) is 9.36 Å². The molecule has 0 spiro atoms. The molecule has 2 unspecified atom stereocenters. The Morgan fingerprint density at radius 2 is 2.11 bits per heavy atom. The minimum Gasteiger partial charge on any atom is -0.450 e. The minimum absolute atomic E-state index is 0.140. The number of hydrogen-bond donors (Lipinski definition) is 2. The van der Waals surface area contributed by atoms with Crippen molar-refractivity contribution in [3.05, 3.63) is 35.9 Å². The van der Waals surface area contributed by atoms with Crippen LogP contribution >= 0.6 is 8.03 Å². The van der Waals surface area contributed by atoms with Gasteiger partial charge in [-0.25, -0.2) is 4.79 Å². The molecule has 6 heteroatoms. The van der Waals surface area contributed by atoms with Gasteiger partial charge in [0.15, 0.2) is 6.16 Å². The standard InChI is InChI=1S/C12H16NO4P/c1-2-17-12(14)13-11(8-9-18(15)16)10-6-4-3-5-7-10/h3-7,11H,2,8-9H2,1H3,(H-,13,14,15,16)/p+1. The molecule has 1 rings (SSSR count). The van der Waals surface area contributed by atoms with Crippen LogP contribution in [0.1, 0.15) is 24.9 Å². The third kappa shape index (κ3) is 5.25. The van der Waals surface area contributed by atoms with Crippen LogP contribution in [0.5, 0.6) is 0 Å². The highest BCUT2D eigenvalue weighted by Gasteiger charge is 2.20. The maximum Gasteiger partial charge on any atom is 0.505 e. The summed E-state index contributed by atoms with van der Waals surface area (Å²) in [4.78, 5) is 20.3. The van der Waals surface area contributed by atoms with E-state index in [-0.39, 0.29) is 12.2 Å². The van der Waals surface area contributed by atoms with Gasteiger partial charge in [0.2, 0.25) is 0 Å². The first-order valence-electron chi connectivity index (χ1n) is 5.75. The quantitative estimate of drug-likeness (QED) is 0.779. The number of carbonyl (C=O) groups is 1. The maximum atomic E-state index is 11.4. The summed E-state index contributed by atoms with van der Waals surface area (Å²) in [6, 6.07) is 9.00. The van der Waals surface area contributed by atoms with Crippen LogP contribution in [0.15, 0.2) is 30.3 Å². The summed E-state index contributed by atoms with van der Waals surface area (Å²) in [7, 11) is -2.20. The molecule has 0 aromatic heterocycles. The number of ether oxygens (including phenoxy) is 1. The monoisotopic (exact) mass is 270 g/mol. The van der Waals surface area contributed by atoms with Gasteiger partial charge in [-0.2, -0.15) is 4.89 Å². The Morgan fingerprint density at radius 3 is 2.67 bits per heavy atom. The van der Waals surface area contributed by atoms with E-state index in [1.165, 1.54) is 0 Å². The zero-order chi connectivity index (χ0) is 13.4. The highest BCUT2D eigenvalue weighted by Crippen LogP contribution is 2.23. The summed E-state index contributed by atoms with van der Waals surface area (Å²) in [6.45, 7) is 2.02. The van der Waals surface area contributed by atoms with Gasteiger partial charge in [-0.3, -0.25) is 0 Å². The summed E-state index contributed by atoms with van der Waals surface area (Å²) < 4.78 is 15.6. The van der Waals surface area contributed by atoms with E-state index in [0.29, 0.717) is 13.0 Å². The lowest BCUT2D eigenvalue weighted by atomic mass is 10.1. The van der Waals surface area contributed by atoms with Crippen molar-refractivity contribution in [3.63, 3.8) is 0 Å². The molecule has 0 heterocycles. The molecule has 1 aromatic rings. The first-order chi connectivity index (χ1) is 8.63. The molecule has 0 saturated heterocycles. The first kappa shape index (κ1) is 14.6. The summed E-state index contributed by atoms with van der Waals surface area (Å²) >= 11 is 0. The molecule has 1 amide bonds. The fraction of sp³-hybridized carbons (Fsp3) is 0.417. The number of alkyl carbamates (subject to hydrolysis) is 1. The minimum atomic E-state index is -2.20. The van der Waals surface area contributed by atoms with E-state index in [4.69, 9.17) is 9.63 Å². The predicted octanol–water partition coefficient (Wildman–Crippen LogP) is 2.60. The van der Waals surface area contributed by atoms with Crippen molar-refractivity contribution in [2.75, 3.05) is 12.8 Å². The van der Waals surface area contributed by atoms with Crippen LogP contribution in [0.2, 0.25) is 0 Å². The molecule has 0 aliphatic rings. The van der Waals surface area contributed by atoms with Gasteiger partial charge < -0.3 is 10.1 Å². The van der Waals surface area contributed by atoms with Crippen LogP contribution in [0.25, 0.3) is 0 Å². The number of rotatable bonds is 6. The number of hydrogen-bond acceptors (Lipinski definition) is 3. The molecule has 0 bridgehead atoms. The molecule has 5 nitrogen and oxygen atoms in total. The predicted molar refractivity (Wildman–Crippen MR) is 68.7 cm³/mol. The van der Waals surface area contributed by atoms with E-state index in [2.05, 4.69) is 5.32 Å². The lowest BCUT2D eigenvalue weighted by molar-refractivity contribution is 0.147. The lowest BCUT2D eigenvalue weighted by Crippen LogP contribution is -2.29. The highest BCUT2D eigenvalue weighted by molar-refractivity contribution is 7.37. The Balaban J connectivity index is 2.69. The normalized spacial score (nSPS) is 12.7. The summed E-state index contributed by atoms with van der Waals surface area (Å²) in [5, 5.41) is 2.69. The van der Waals surface area contributed by atoms with Crippen molar-refractivity contribution < 1.29 is 19.0 Å². The number of nitrogens with one attached hydrogen (secondary N) is 1. The maximum absolute atomic E-state index is 11.4. The molecule has 0 saturated carbocycles. The topological polar surface area (TPSA) is 75.6 Å². The van der Waals surface area contributed by atoms with Gasteiger partial charge in [-0.1, -0.05) is 30.3 Å². The summed E-state index contributed by atoms with van der Waals surface area (Å²) in [6.07, 6.45) is 0.0232. The fourth-order valence-electron chi connectivity index (χ4n) is 1.56. The van der Waals surface area contributed by atoms with Crippen LogP contribution in [0.3, 0.4) is 0 Å². The van der Waals surface area contributed by atoms with Gasteiger partial charge in [0.1, 0.15) is 0 Å². The molecule has 2 N–H and O–H groups in total. The molecular weight excluding hydrogens is 253 g/mol. The molecule has 0 fully saturated rings. The van der Waals surface area contributed by atoms with Gasteiger partial charge in [-0.05, 0) is 17.1 Å². The zero-order valence-corrected chi connectivity index (χ0v) is 11.1. The van der Waals surface area contributed by atoms with Crippen molar-refractivity contribution in [3.8, 4) is 0 Å². The van der Waals surface area contributed by atoms with Crippen molar-refractivity contribution in [1.82, 2.24) is 5.32 Å². The number of carbonyl (C=O) groups excluding carboxylic acids is 1. The molecule has 1 aromatic carbocycles. The van der Waals surface area contributed by atoms with E-state index in [1.807, 2.05) is 30.3 Å². The van der Waals surface area contributed by atoms with Crippen molar-refractivity contribution >= 4 is 14.1 Å². The van der Waals surface area contributed by atoms with Crippen LogP contribution in [0, 0.1) is 0 Å². The molecule has 0 aliphatic heterocycles. The van der Waals surface area contributed by atoms with Gasteiger partial charge in [0.25, 0.3) is 0 Å². The second-order valence-corrected chi connectivity index (χ2v) is 4.84. The average molecular weight is 270 g/mol. The Bertz CT molecular complexity index is 396. The van der Waals surface area contributed by atoms with Gasteiger partial charge in [0, 0.05) is 6.42 Å². The second kappa shape index (κ2) is 7.80. The SMILES string of the molecule is CCOC(=O)NC(CC[P+](=O)O)c1ccccc1. The third-order valence-corrected chi connectivity index (χ3v) is 3.02. The first-order valence-corrected chi connectivity index (χ1v) is 7.15. The van der Waals surface area contributed by atoms with Crippen LogP contribution in [-0.4, -0.2) is 23.8 Å². The molecule has 2 atom stereocenters. The van der Waals surface area contributed by atoms with Crippen molar-refractivity contribution in [2.45, 2.75) is 19.4 Å². The molecular formula is C12H17NO4P+. The third-order valence-electron chi connectivity index (χ3n) is 2.38. The Labute approximate surface area is 107 Å². The van der Waals surface area contributed by atoms with Crippen molar-refractivity contribution in [2.24, 2.45) is 0 Å². The fourth-order valence-corrected chi connectivity index (χ4v) is 2.04. The van der Waals surface area contributed by atoms with E-state index in [0.717, 1.165) is 5.56 Å². The lowest BCUT2D eigenvalue weighted by Gasteiger charge is -2.16. The van der Waals surface area contributed by atoms with Crippen LogP contribution in [0.4, 0.5) is 4.79 Å². The molecule has 98 valence electrons. The molecule has 18 heavy (non-hydrogen) atoms. The van der Waals surface area contributed by atoms with E-state index >= 15 is 0 Å². The Hall–Kier alpha value is -1.45. The van der Waals surface area contributed by atoms with Gasteiger partial charge in [0.05, 0.1) is 12.6 Å². The van der Waals surface area contributed by atoms with Crippen LogP contribution < -0.4 is 5.32 Å². The smallest absolute Gasteiger partial charge is 0.450 e. The Morgan fingerprint density at radius 1 is 1.44 bits per heavy atom. The zero-order valence-electron chi connectivity index (χ0n) is 10.2. The average Bonchev–Trinajstić information content (AvgIpc) is 2.35. The van der Waals surface area contributed by atoms with Gasteiger partial charge in [-0.15, -0.1) is 0 Å². The van der Waals surface area contributed by atoms with Crippen LogP contribution in [-0.2, 0) is 9.30 Å². The van der Waals surface area contributed by atoms with E-state index < -0.39 is 14.1 Å². The molecule has 0 aliphatic carbocycles. The highest BCUT2D eigenvalue weighted by atomic mass is 31.1. The molecule has 0 radical (unpaired) electrons. The van der Waals surface area contributed by atoms with Crippen molar-refractivity contribution in [1.29, 1.82) is 0 Å². The summed E-state index contributed by atoms with van der Waals surface area (Å²) in [5.41, 5.74) is 0.891. The number of amides is 1.